The van der Waals surface area contributed by atoms with Crippen LogP contribution in [0.1, 0.15) is 48.6 Å². The fourth-order valence-electron chi connectivity index (χ4n) is 2.99. The van der Waals surface area contributed by atoms with Crippen LogP contribution in [0.2, 0.25) is 0 Å². The Hall–Kier alpha value is -2.11. The second kappa shape index (κ2) is 5.59. The molecule has 0 bridgehead atoms. The summed E-state index contributed by atoms with van der Waals surface area (Å²) in [5, 5.41) is 8.86. The first-order valence-electron chi connectivity index (χ1n) is 7.79. The van der Waals surface area contributed by atoms with Crippen molar-refractivity contribution >= 4 is 0 Å². The highest BCUT2D eigenvalue weighted by molar-refractivity contribution is 5.38. The SMILES string of the molecule is CC(C)(C)c1ccc2c(c1)CN(Cc1ccc(C#N)cc1)C2. The van der Waals surface area contributed by atoms with Crippen LogP contribution >= 0.6 is 0 Å². The normalized spacial score (nSPS) is 14.6. The maximum Gasteiger partial charge on any atom is 0.0991 e. The van der Waals surface area contributed by atoms with E-state index >= 15 is 0 Å². The Morgan fingerprint density at radius 1 is 1.00 bits per heavy atom. The van der Waals surface area contributed by atoms with E-state index in [1.165, 1.54) is 22.3 Å². The summed E-state index contributed by atoms with van der Waals surface area (Å²) in [5.41, 5.74) is 6.51. The standard InChI is InChI=1S/C20H22N2/c1-20(2,3)19-9-8-17-13-22(14-18(17)10-19)12-16-6-4-15(11-21)5-7-16/h4-10H,12-14H2,1-3H3. The highest BCUT2D eigenvalue weighted by atomic mass is 15.1. The summed E-state index contributed by atoms with van der Waals surface area (Å²) < 4.78 is 0. The monoisotopic (exact) mass is 290 g/mol. The largest absolute Gasteiger partial charge is 0.291 e. The molecule has 1 aliphatic heterocycles. The predicted octanol–water partition coefficient (Wildman–Crippen LogP) is 4.37. The number of hydrogen-bond donors (Lipinski definition) is 0. The van der Waals surface area contributed by atoms with Gasteiger partial charge in [-0.3, -0.25) is 4.90 Å². The number of nitriles is 1. The molecule has 0 saturated heterocycles. The van der Waals surface area contributed by atoms with Crippen molar-refractivity contribution in [3.05, 3.63) is 70.3 Å². The summed E-state index contributed by atoms with van der Waals surface area (Å²) in [7, 11) is 0. The third-order valence-electron chi connectivity index (χ3n) is 4.35. The van der Waals surface area contributed by atoms with E-state index in [0.29, 0.717) is 0 Å². The molecule has 3 rings (SSSR count). The molecule has 0 aliphatic carbocycles. The van der Waals surface area contributed by atoms with Gasteiger partial charge in [-0.1, -0.05) is 51.1 Å². The first kappa shape index (κ1) is 14.8. The molecule has 0 spiro atoms. The van der Waals surface area contributed by atoms with Crippen LogP contribution in [0.15, 0.2) is 42.5 Å². The van der Waals surface area contributed by atoms with Gasteiger partial charge in [0.25, 0.3) is 0 Å². The lowest BCUT2D eigenvalue weighted by atomic mass is 9.85. The van der Waals surface area contributed by atoms with Crippen LogP contribution in [-0.4, -0.2) is 4.90 Å². The topological polar surface area (TPSA) is 27.0 Å². The van der Waals surface area contributed by atoms with Gasteiger partial charge in [0.2, 0.25) is 0 Å². The molecule has 0 fully saturated rings. The zero-order valence-corrected chi connectivity index (χ0v) is 13.6. The lowest BCUT2D eigenvalue weighted by Gasteiger charge is -2.19. The number of hydrogen-bond acceptors (Lipinski definition) is 2. The van der Waals surface area contributed by atoms with E-state index in [0.717, 1.165) is 25.2 Å². The Kier molecular flexibility index (Phi) is 3.76. The van der Waals surface area contributed by atoms with Crippen LogP contribution in [0.5, 0.6) is 0 Å². The van der Waals surface area contributed by atoms with Crippen LogP contribution in [0, 0.1) is 11.3 Å². The minimum absolute atomic E-state index is 0.204. The van der Waals surface area contributed by atoms with Crippen LogP contribution in [0.4, 0.5) is 0 Å². The summed E-state index contributed by atoms with van der Waals surface area (Å²) in [5.74, 6) is 0. The van der Waals surface area contributed by atoms with Crippen molar-refractivity contribution in [3.63, 3.8) is 0 Å². The molecule has 2 aromatic rings. The third-order valence-corrected chi connectivity index (χ3v) is 4.35. The second-order valence-corrected chi connectivity index (χ2v) is 7.19. The molecule has 112 valence electrons. The molecule has 2 heteroatoms. The van der Waals surface area contributed by atoms with Crippen LogP contribution in [0.3, 0.4) is 0 Å². The number of rotatable bonds is 2. The molecule has 0 amide bonds. The van der Waals surface area contributed by atoms with Gasteiger partial charge in [0.1, 0.15) is 0 Å². The van der Waals surface area contributed by atoms with Crippen LogP contribution < -0.4 is 0 Å². The Bertz CT molecular complexity index is 715. The summed E-state index contributed by atoms with van der Waals surface area (Å²) in [6, 6.07) is 17.0. The van der Waals surface area contributed by atoms with Gasteiger partial charge in [0.15, 0.2) is 0 Å². The van der Waals surface area contributed by atoms with Crippen molar-refractivity contribution < 1.29 is 0 Å². The van der Waals surface area contributed by atoms with Gasteiger partial charge < -0.3 is 0 Å². The maximum atomic E-state index is 8.86. The zero-order chi connectivity index (χ0) is 15.7. The molecule has 1 aliphatic rings. The van der Waals surface area contributed by atoms with Gasteiger partial charge in [0.05, 0.1) is 11.6 Å². The van der Waals surface area contributed by atoms with Crippen LogP contribution in [-0.2, 0) is 25.0 Å². The van der Waals surface area contributed by atoms with Gasteiger partial charge in [0, 0.05) is 19.6 Å². The van der Waals surface area contributed by atoms with E-state index in [-0.39, 0.29) is 5.41 Å². The predicted molar refractivity (Wildman–Crippen MR) is 89.3 cm³/mol. The van der Waals surface area contributed by atoms with Gasteiger partial charge in [-0.15, -0.1) is 0 Å². The zero-order valence-electron chi connectivity index (χ0n) is 13.6. The van der Waals surface area contributed by atoms with E-state index in [1.807, 2.05) is 12.1 Å². The van der Waals surface area contributed by atoms with Crippen molar-refractivity contribution in [3.8, 4) is 6.07 Å². The summed E-state index contributed by atoms with van der Waals surface area (Å²) in [4.78, 5) is 2.46. The van der Waals surface area contributed by atoms with E-state index in [2.05, 4.69) is 62.1 Å². The first-order valence-corrected chi connectivity index (χ1v) is 7.79. The summed E-state index contributed by atoms with van der Waals surface area (Å²) in [6.45, 7) is 9.75. The number of nitrogens with zero attached hydrogens (tertiary/aromatic N) is 2. The van der Waals surface area contributed by atoms with Gasteiger partial charge >= 0.3 is 0 Å². The lowest BCUT2D eigenvalue weighted by molar-refractivity contribution is 0.275. The molecule has 1 heterocycles. The molecule has 0 radical (unpaired) electrons. The summed E-state index contributed by atoms with van der Waals surface area (Å²) in [6.07, 6.45) is 0. The van der Waals surface area contributed by atoms with Crippen LogP contribution in [0.25, 0.3) is 0 Å². The fraction of sp³-hybridized carbons (Fsp3) is 0.350. The molecule has 22 heavy (non-hydrogen) atoms. The number of fused-ring (bicyclic) bond motifs is 1. The highest BCUT2D eigenvalue weighted by Crippen LogP contribution is 2.30. The Labute approximate surface area is 133 Å². The average molecular weight is 290 g/mol. The molecule has 0 aromatic heterocycles. The smallest absolute Gasteiger partial charge is 0.0991 e. The average Bonchev–Trinajstić information content (AvgIpc) is 2.88. The molecule has 2 nitrogen and oxygen atoms in total. The molecular formula is C20H22N2. The first-order chi connectivity index (χ1) is 10.5. The van der Waals surface area contributed by atoms with Gasteiger partial charge in [-0.25, -0.2) is 0 Å². The minimum Gasteiger partial charge on any atom is -0.291 e. The minimum atomic E-state index is 0.204. The molecule has 0 atom stereocenters. The third kappa shape index (κ3) is 3.05. The van der Waals surface area contributed by atoms with Crippen molar-refractivity contribution in [1.29, 1.82) is 5.26 Å². The van der Waals surface area contributed by atoms with Crippen molar-refractivity contribution in [2.75, 3.05) is 0 Å². The number of benzene rings is 2. The maximum absolute atomic E-state index is 8.86. The van der Waals surface area contributed by atoms with E-state index in [1.54, 1.807) is 0 Å². The van der Waals surface area contributed by atoms with E-state index in [4.69, 9.17) is 5.26 Å². The van der Waals surface area contributed by atoms with E-state index < -0.39 is 0 Å². The molecule has 2 aromatic carbocycles. The summed E-state index contributed by atoms with van der Waals surface area (Å²) >= 11 is 0. The van der Waals surface area contributed by atoms with Gasteiger partial charge in [-0.2, -0.15) is 5.26 Å². The van der Waals surface area contributed by atoms with E-state index in [9.17, 15) is 0 Å². The second-order valence-electron chi connectivity index (χ2n) is 7.19. The van der Waals surface area contributed by atoms with Gasteiger partial charge in [-0.05, 0) is 39.8 Å². The Morgan fingerprint density at radius 2 is 1.68 bits per heavy atom. The van der Waals surface area contributed by atoms with Crippen molar-refractivity contribution in [2.24, 2.45) is 0 Å². The lowest BCUT2D eigenvalue weighted by Crippen LogP contribution is -2.15. The molecule has 0 saturated carbocycles. The molecule has 0 unspecified atom stereocenters. The highest BCUT2D eigenvalue weighted by Gasteiger charge is 2.22. The Morgan fingerprint density at radius 3 is 2.32 bits per heavy atom. The fourth-order valence-corrected chi connectivity index (χ4v) is 2.99. The molecular weight excluding hydrogens is 268 g/mol. The van der Waals surface area contributed by atoms with Crippen molar-refractivity contribution in [2.45, 2.75) is 45.8 Å². The molecule has 0 N–H and O–H groups in total. The Balaban J connectivity index is 1.72. The quantitative estimate of drug-likeness (QED) is 0.821. The van der Waals surface area contributed by atoms with Crippen molar-refractivity contribution in [1.82, 2.24) is 4.90 Å².